The van der Waals surface area contributed by atoms with E-state index in [1.807, 2.05) is 36.4 Å². The molecule has 0 radical (unpaired) electrons. The normalized spacial score (nSPS) is 16.0. The highest BCUT2D eigenvalue weighted by atomic mass is 79.9. The molecule has 0 spiro atoms. The first-order valence-corrected chi connectivity index (χ1v) is 21.2. The summed E-state index contributed by atoms with van der Waals surface area (Å²) in [6, 6.07) is 37.9. The summed E-state index contributed by atoms with van der Waals surface area (Å²) in [6.45, 7) is 5.86. The Labute approximate surface area is 368 Å². The Balaban J connectivity index is 0.00000476. The van der Waals surface area contributed by atoms with Gasteiger partial charge in [0.05, 0.1) is 21.3 Å². The fraction of sp³-hybridized carbons (Fsp3) is 0.312. The second kappa shape index (κ2) is 17.4. The molecule has 0 unspecified atom stereocenters. The predicted octanol–water partition coefficient (Wildman–Crippen LogP) is 11.0. The SMILES string of the molecule is Br.COc1ccc(N2c3cc(N4CCCC4)cc(n3)N(c3ccc(OC)cc3)c3cc(N4CCCC4)cc(n3)N(c3ccc(OC)cc3)c3cc(N4CCCC4)cc2n3)cc1. The van der Waals surface area contributed by atoms with Gasteiger partial charge < -0.3 is 28.9 Å². The number of rotatable bonds is 9. The van der Waals surface area contributed by atoms with Crippen molar-refractivity contribution in [2.45, 2.75) is 38.5 Å². The highest BCUT2D eigenvalue weighted by molar-refractivity contribution is 8.93. The van der Waals surface area contributed by atoms with Crippen molar-refractivity contribution < 1.29 is 14.2 Å². The molecule has 6 aromatic rings. The van der Waals surface area contributed by atoms with Crippen molar-refractivity contribution >= 4 is 86.0 Å². The predicted molar refractivity (Wildman–Crippen MR) is 252 cm³/mol. The zero-order chi connectivity index (χ0) is 40.6. The molecule has 61 heavy (non-hydrogen) atoms. The summed E-state index contributed by atoms with van der Waals surface area (Å²) in [4.78, 5) is 30.9. The molecular weight excluding hydrogens is 830 g/mol. The van der Waals surface area contributed by atoms with Crippen molar-refractivity contribution in [2.75, 3.05) is 90.0 Å². The maximum Gasteiger partial charge on any atom is 0.143 e. The lowest BCUT2D eigenvalue weighted by Gasteiger charge is -2.34. The molecule has 4 aliphatic heterocycles. The van der Waals surface area contributed by atoms with E-state index < -0.39 is 0 Å². The molecule has 6 bridgehead atoms. The molecule has 0 N–H and O–H groups in total. The Bertz CT molecular complexity index is 2110. The van der Waals surface area contributed by atoms with Gasteiger partial charge in [0.2, 0.25) is 0 Å². The third-order valence-corrected chi connectivity index (χ3v) is 12.1. The van der Waals surface area contributed by atoms with Gasteiger partial charge in [0.15, 0.2) is 0 Å². The van der Waals surface area contributed by atoms with Crippen LogP contribution in [0.3, 0.4) is 0 Å². The number of anilines is 12. The van der Waals surface area contributed by atoms with Crippen molar-refractivity contribution in [3.63, 3.8) is 0 Å². The van der Waals surface area contributed by atoms with Crippen LogP contribution in [0.5, 0.6) is 17.2 Å². The summed E-state index contributed by atoms with van der Waals surface area (Å²) in [5.74, 6) is 6.85. The monoisotopic (exact) mass is 881 g/mol. The zero-order valence-corrected chi connectivity index (χ0v) is 36.7. The number of hydrogen-bond donors (Lipinski definition) is 0. The Morgan fingerprint density at radius 1 is 0.328 bits per heavy atom. The molecule has 3 aromatic heterocycles. The number of benzene rings is 3. The molecule has 0 atom stereocenters. The van der Waals surface area contributed by atoms with Crippen LogP contribution in [0.4, 0.5) is 69.0 Å². The Kier molecular flexibility index (Phi) is 11.5. The van der Waals surface area contributed by atoms with E-state index in [1.165, 1.54) is 0 Å². The quantitative estimate of drug-likeness (QED) is 0.138. The summed E-state index contributed by atoms with van der Waals surface area (Å²) < 4.78 is 17.0. The average Bonchev–Trinajstić information content (AvgIpc) is 4.13. The topological polar surface area (TPSA) is 85.8 Å². The van der Waals surface area contributed by atoms with Crippen LogP contribution >= 0.6 is 17.0 Å². The number of halogens is 1. The second-order valence-corrected chi connectivity index (χ2v) is 15.8. The molecule has 12 nitrogen and oxygen atoms in total. The van der Waals surface area contributed by atoms with Crippen molar-refractivity contribution in [3.8, 4) is 17.2 Å². The maximum atomic E-state index is 5.65. The lowest BCUT2D eigenvalue weighted by atomic mass is 10.2. The molecule has 4 aliphatic rings. The van der Waals surface area contributed by atoms with Gasteiger partial charge in [0, 0.05) is 110 Å². The number of pyridine rings is 3. The van der Waals surface area contributed by atoms with Gasteiger partial charge in [0.1, 0.15) is 52.2 Å². The van der Waals surface area contributed by atoms with Gasteiger partial charge in [-0.2, -0.15) is 0 Å². The van der Waals surface area contributed by atoms with E-state index in [4.69, 9.17) is 29.2 Å². The number of hydrogen-bond acceptors (Lipinski definition) is 12. The Morgan fingerprint density at radius 3 is 0.738 bits per heavy atom. The molecule has 3 aromatic carbocycles. The summed E-state index contributed by atoms with van der Waals surface area (Å²) in [5.41, 5.74) is 6.07. The Morgan fingerprint density at radius 2 is 0.541 bits per heavy atom. The minimum atomic E-state index is 0. The van der Waals surface area contributed by atoms with E-state index in [2.05, 4.69) is 102 Å². The van der Waals surface area contributed by atoms with Crippen molar-refractivity contribution in [3.05, 3.63) is 109 Å². The van der Waals surface area contributed by atoms with Crippen LogP contribution in [0.2, 0.25) is 0 Å². The highest BCUT2D eigenvalue weighted by Gasteiger charge is 2.30. The number of ether oxygens (including phenoxy) is 3. The molecule has 0 aliphatic carbocycles. The van der Waals surface area contributed by atoms with Gasteiger partial charge in [0.25, 0.3) is 0 Å². The number of fused-ring (bicyclic) bond motifs is 6. The zero-order valence-electron chi connectivity index (χ0n) is 35.0. The second-order valence-electron chi connectivity index (χ2n) is 15.8. The highest BCUT2D eigenvalue weighted by Crippen LogP contribution is 2.47. The third kappa shape index (κ3) is 7.94. The first-order valence-electron chi connectivity index (χ1n) is 21.2. The van der Waals surface area contributed by atoms with E-state index in [-0.39, 0.29) is 17.0 Å². The molecule has 13 heteroatoms. The van der Waals surface area contributed by atoms with Crippen LogP contribution < -0.4 is 43.6 Å². The molecule has 3 fully saturated rings. The average molecular weight is 883 g/mol. The summed E-state index contributed by atoms with van der Waals surface area (Å²) >= 11 is 0. The minimum absolute atomic E-state index is 0. The van der Waals surface area contributed by atoms with Crippen molar-refractivity contribution in [2.24, 2.45) is 0 Å². The molecule has 7 heterocycles. The van der Waals surface area contributed by atoms with Crippen LogP contribution in [0, 0.1) is 0 Å². The van der Waals surface area contributed by atoms with Gasteiger partial charge in [-0.25, -0.2) is 15.0 Å². The summed E-state index contributed by atoms with van der Waals surface area (Å²) in [5, 5.41) is 0. The van der Waals surface area contributed by atoms with Crippen LogP contribution in [0.25, 0.3) is 0 Å². The lowest BCUT2D eigenvalue weighted by molar-refractivity contribution is 0.414. The molecule has 0 saturated carbocycles. The van der Waals surface area contributed by atoms with E-state index >= 15 is 0 Å². The van der Waals surface area contributed by atoms with Crippen LogP contribution in [0.15, 0.2) is 109 Å². The Hall–Kier alpha value is -6.21. The molecule has 10 rings (SSSR count). The summed E-state index contributed by atoms with van der Waals surface area (Å²) in [7, 11) is 5.10. The number of aromatic nitrogens is 3. The maximum absolute atomic E-state index is 5.65. The van der Waals surface area contributed by atoms with Crippen LogP contribution in [0.1, 0.15) is 38.5 Å². The smallest absolute Gasteiger partial charge is 0.143 e. The van der Waals surface area contributed by atoms with Crippen LogP contribution in [-0.4, -0.2) is 75.5 Å². The van der Waals surface area contributed by atoms with Crippen LogP contribution in [-0.2, 0) is 0 Å². The fourth-order valence-electron chi connectivity index (χ4n) is 8.96. The number of nitrogens with zero attached hydrogens (tertiary/aromatic N) is 9. The van der Waals surface area contributed by atoms with Crippen molar-refractivity contribution in [1.82, 2.24) is 15.0 Å². The van der Waals surface area contributed by atoms with E-state index in [0.29, 0.717) is 0 Å². The van der Waals surface area contributed by atoms with Gasteiger partial charge in [-0.05, 0) is 111 Å². The summed E-state index contributed by atoms with van der Waals surface area (Å²) in [6.07, 6.45) is 6.86. The molecule has 3 saturated heterocycles. The third-order valence-electron chi connectivity index (χ3n) is 12.1. The fourth-order valence-corrected chi connectivity index (χ4v) is 8.96. The van der Waals surface area contributed by atoms with E-state index in [1.54, 1.807) is 21.3 Å². The van der Waals surface area contributed by atoms with Gasteiger partial charge in [-0.3, -0.25) is 14.7 Å². The number of methoxy groups -OCH3 is 3. The van der Waals surface area contributed by atoms with Gasteiger partial charge in [-0.15, -0.1) is 17.0 Å². The standard InChI is InChI=1S/C48H51N9O3.BrH/c1-58-40-16-10-34(11-17-40)55-43-28-37(52-22-4-5-23-52)30-45(49-43)56(35-12-18-41(59-2)19-13-35)47-32-39(54-26-8-9-27-54)33-48(51-47)57(36-14-20-42(60-3)21-15-36)46-31-38(29-44(55)50-46)53-24-6-7-25-53;/h10-21,28-33H,4-9,22-27H2,1-3H3;1H. The first-order chi connectivity index (χ1) is 29.5. The van der Waals surface area contributed by atoms with Crippen molar-refractivity contribution in [1.29, 1.82) is 0 Å². The molecular formula is C48H52BrN9O3. The lowest BCUT2D eigenvalue weighted by Crippen LogP contribution is -2.25. The van der Waals surface area contributed by atoms with Gasteiger partial charge >= 0.3 is 0 Å². The largest absolute Gasteiger partial charge is 0.497 e. The van der Waals surface area contributed by atoms with E-state index in [9.17, 15) is 0 Å². The first kappa shape index (κ1) is 40.2. The molecule has 0 amide bonds. The van der Waals surface area contributed by atoms with Gasteiger partial charge in [-0.1, -0.05) is 0 Å². The molecule has 314 valence electrons. The van der Waals surface area contributed by atoms with E-state index in [0.717, 1.165) is 164 Å². The minimum Gasteiger partial charge on any atom is -0.497 e.